The van der Waals surface area contributed by atoms with Crippen LogP contribution in [-0.2, 0) is 16.1 Å². The first kappa shape index (κ1) is 18.9. The smallest absolute Gasteiger partial charge is 0.316 e. The SMILES string of the molecule is COc1ccc(-c2nnc3ccc(SCC(=O)OCc4ccccc4)nn23)cc1. The minimum absolute atomic E-state index is 0.172. The number of methoxy groups -OCH3 is 1. The molecule has 0 spiro atoms. The Hall–Kier alpha value is -3.39. The molecule has 4 rings (SSSR count). The minimum Gasteiger partial charge on any atom is -0.497 e. The molecule has 8 heteroatoms. The Labute approximate surface area is 171 Å². The molecule has 0 aliphatic carbocycles. The van der Waals surface area contributed by atoms with Crippen molar-refractivity contribution < 1.29 is 14.3 Å². The Balaban J connectivity index is 1.43. The third-order valence-corrected chi connectivity index (χ3v) is 5.06. The van der Waals surface area contributed by atoms with Gasteiger partial charge in [0.25, 0.3) is 0 Å². The lowest BCUT2D eigenvalue weighted by Crippen LogP contribution is -2.07. The van der Waals surface area contributed by atoms with Gasteiger partial charge in [0.2, 0.25) is 0 Å². The Morgan fingerprint density at radius 2 is 1.79 bits per heavy atom. The van der Waals surface area contributed by atoms with Crippen LogP contribution in [0.25, 0.3) is 17.0 Å². The first-order chi connectivity index (χ1) is 14.2. The number of benzene rings is 2. The molecule has 4 aromatic rings. The Bertz CT molecular complexity index is 1110. The van der Waals surface area contributed by atoms with E-state index in [9.17, 15) is 4.79 Å². The van der Waals surface area contributed by atoms with Gasteiger partial charge < -0.3 is 9.47 Å². The number of rotatable bonds is 7. The van der Waals surface area contributed by atoms with E-state index in [1.54, 1.807) is 11.6 Å². The van der Waals surface area contributed by atoms with E-state index in [2.05, 4.69) is 15.3 Å². The highest BCUT2D eigenvalue weighted by atomic mass is 32.2. The highest BCUT2D eigenvalue weighted by molar-refractivity contribution is 7.99. The lowest BCUT2D eigenvalue weighted by atomic mass is 10.2. The number of thioether (sulfide) groups is 1. The first-order valence-corrected chi connectivity index (χ1v) is 9.91. The third kappa shape index (κ3) is 4.55. The summed E-state index contributed by atoms with van der Waals surface area (Å²) in [6, 6.07) is 20.7. The van der Waals surface area contributed by atoms with Crippen molar-refractivity contribution in [2.24, 2.45) is 0 Å². The molecule has 146 valence electrons. The Morgan fingerprint density at radius 1 is 1.00 bits per heavy atom. The lowest BCUT2D eigenvalue weighted by Gasteiger charge is -2.05. The van der Waals surface area contributed by atoms with Crippen LogP contribution in [0.4, 0.5) is 0 Å². The molecule has 0 saturated carbocycles. The van der Waals surface area contributed by atoms with Crippen LogP contribution in [0.15, 0.2) is 71.8 Å². The van der Waals surface area contributed by atoms with Crippen molar-refractivity contribution in [2.45, 2.75) is 11.6 Å². The van der Waals surface area contributed by atoms with Crippen LogP contribution in [0.2, 0.25) is 0 Å². The van der Waals surface area contributed by atoms with Gasteiger partial charge in [-0.15, -0.1) is 10.2 Å². The normalized spacial score (nSPS) is 10.8. The van der Waals surface area contributed by atoms with Crippen LogP contribution in [0.3, 0.4) is 0 Å². The second kappa shape index (κ2) is 8.74. The number of carbonyl (C=O) groups excluding carboxylic acids is 1. The Kier molecular flexibility index (Phi) is 5.71. The van der Waals surface area contributed by atoms with Crippen molar-refractivity contribution in [2.75, 3.05) is 12.9 Å². The van der Waals surface area contributed by atoms with E-state index in [0.717, 1.165) is 16.9 Å². The number of aromatic nitrogens is 4. The van der Waals surface area contributed by atoms with Gasteiger partial charge >= 0.3 is 5.97 Å². The summed E-state index contributed by atoms with van der Waals surface area (Å²) in [7, 11) is 1.62. The van der Waals surface area contributed by atoms with E-state index in [1.807, 2.05) is 66.7 Å². The van der Waals surface area contributed by atoms with E-state index in [1.165, 1.54) is 11.8 Å². The molecule has 29 heavy (non-hydrogen) atoms. The van der Waals surface area contributed by atoms with Crippen LogP contribution in [0, 0.1) is 0 Å². The van der Waals surface area contributed by atoms with Gasteiger partial charge in [-0.2, -0.15) is 9.61 Å². The van der Waals surface area contributed by atoms with E-state index in [4.69, 9.17) is 9.47 Å². The van der Waals surface area contributed by atoms with Crippen molar-refractivity contribution in [1.82, 2.24) is 19.8 Å². The quantitative estimate of drug-likeness (QED) is 0.342. The Morgan fingerprint density at radius 3 is 2.55 bits per heavy atom. The predicted molar refractivity (Wildman–Crippen MR) is 110 cm³/mol. The van der Waals surface area contributed by atoms with Crippen LogP contribution >= 0.6 is 11.8 Å². The summed E-state index contributed by atoms with van der Waals surface area (Å²) in [5, 5.41) is 13.6. The molecule has 0 atom stereocenters. The summed E-state index contributed by atoms with van der Waals surface area (Å²) in [4.78, 5) is 12.0. The number of hydrogen-bond donors (Lipinski definition) is 0. The molecule has 0 saturated heterocycles. The molecule has 0 N–H and O–H groups in total. The molecule has 2 aromatic carbocycles. The van der Waals surface area contributed by atoms with E-state index >= 15 is 0 Å². The summed E-state index contributed by atoms with van der Waals surface area (Å²) in [5.41, 5.74) is 2.46. The van der Waals surface area contributed by atoms with Crippen molar-refractivity contribution in [3.05, 3.63) is 72.3 Å². The molecule has 0 fully saturated rings. The highest BCUT2D eigenvalue weighted by Crippen LogP contribution is 2.23. The fraction of sp³-hybridized carbons (Fsp3) is 0.143. The highest BCUT2D eigenvalue weighted by Gasteiger charge is 2.12. The first-order valence-electron chi connectivity index (χ1n) is 8.92. The predicted octanol–water partition coefficient (Wildman–Crippen LogP) is 3.64. The molecular weight excluding hydrogens is 388 g/mol. The molecule has 0 aliphatic rings. The maximum absolute atomic E-state index is 12.0. The average molecular weight is 406 g/mol. The topological polar surface area (TPSA) is 78.6 Å². The summed E-state index contributed by atoms with van der Waals surface area (Å²) in [6.07, 6.45) is 0. The fourth-order valence-electron chi connectivity index (χ4n) is 2.68. The molecule has 7 nitrogen and oxygen atoms in total. The average Bonchev–Trinajstić information content (AvgIpc) is 3.20. The summed E-state index contributed by atoms with van der Waals surface area (Å²) in [6.45, 7) is 0.264. The number of fused-ring (bicyclic) bond motifs is 1. The minimum atomic E-state index is -0.292. The van der Waals surface area contributed by atoms with E-state index in [0.29, 0.717) is 16.5 Å². The monoisotopic (exact) mass is 406 g/mol. The van der Waals surface area contributed by atoms with Gasteiger partial charge in [0.05, 0.1) is 12.9 Å². The number of nitrogens with zero attached hydrogens (tertiary/aromatic N) is 4. The largest absolute Gasteiger partial charge is 0.497 e. The molecular formula is C21H18N4O3S. The molecule has 0 radical (unpaired) electrons. The number of hydrogen-bond acceptors (Lipinski definition) is 7. The van der Waals surface area contributed by atoms with E-state index < -0.39 is 0 Å². The van der Waals surface area contributed by atoms with Crippen molar-refractivity contribution in [3.63, 3.8) is 0 Å². The summed E-state index contributed by atoms with van der Waals surface area (Å²) < 4.78 is 12.2. The second-order valence-corrected chi connectivity index (χ2v) is 7.12. The number of ether oxygens (including phenoxy) is 2. The van der Waals surface area contributed by atoms with Crippen LogP contribution < -0.4 is 4.74 Å². The van der Waals surface area contributed by atoms with Gasteiger partial charge in [0.15, 0.2) is 11.5 Å². The maximum atomic E-state index is 12.0. The van der Waals surface area contributed by atoms with Gasteiger partial charge in [-0.05, 0) is 42.0 Å². The lowest BCUT2D eigenvalue weighted by molar-refractivity contribution is -0.141. The molecule has 0 unspecified atom stereocenters. The molecule has 0 amide bonds. The number of carbonyl (C=O) groups is 1. The summed E-state index contributed by atoms with van der Waals surface area (Å²) >= 11 is 1.31. The van der Waals surface area contributed by atoms with Gasteiger partial charge in [0, 0.05) is 5.56 Å². The van der Waals surface area contributed by atoms with Gasteiger partial charge in [-0.3, -0.25) is 4.79 Å². The third-order valence-electron chi connectivity index (χ3n) is 4.17. The van der Waals surface area contributed by atoms with Crippen LogP contribution in [-0.4, -0.2) is 38.6 Å². The zero-order valence-electron chi connectivity index (χ0n) is 15.7. The summed E-state index contributed by atoms with van der Waals surface area (Å²) in [5.74, 6) is 1.27. The zero-order chi connectivity index (χ0) is 20.1. The molecule has 2 heterocycles. The van der Waals surface area contributed by atoms with Gasteiger partial charge in [-0.1, -0.05) is 42.1 Å². The van der Waals surface area contributed by atoms with Crippen LogP contribution in [0.5, 0.6) is 5.75 Å². The van der Waals surface area contributed by atoms with Crippen molar-refractivity contribution in [1.29, 1.82) is 0 Å². The van der Waals surface area contributed by atoms with Gasteiger partial charge in [-0.25, -0.2) is 0 Å². The fourth-order valence-corrected chi connectivity index (χ4v) is 3.33. The van der Waals surface area contributed by atoms with Crippen molar-refractivity contribution in [3.8, 4) is 17.1 Å². The van der Waals surface area contributed by atoms with E-state index in [-0.39, 0.29) is 18.3 Å². The number of esters is 1. The maximum Gasteiger partial charge on any atom is 0.316 e. The van der Waals surface area contributed by atoms with Crippen LogP contribution in [0.1, 0.15) is 5.56 Å². The van der Waals surface area contributed by atoms with Gasteiger partial charge in [0.1, 0.15) is 17.4 Å². The molecule has 0 bridgehead atoms. The second-order valence-electron chi connectivity index (χ2n) is 6.13. The molecule has 2 aromatic heterocycles. The standard InChI is InChI=1S/C21H18N4O3S/c1-27-17-9-7-16(8-10-17)21-23-22-18-11-12-19(24-25(18)21)29-14-20(26)28-13-15-5-3-2-4-6-15/h2-12H,13-14H2,1H3. The molecule has 0 aliphatic heterocycles. The zero-order valence-corrected chi connectivity index (χ0v) is 16.5. The van der Waals surface area contributed by atoms with Crippen molar-refractivity contribution >= 4 is 23.4 Å².